The third kappa shape index (κ3) is 4.49. The Labute approximate surface area is 212 Å². The van der Waals surface area contributed by atoms with Gasteiger partial charge in [-0.15, -0.1) is 0 Å². The molecule has 1 aliphatic rings. The molecule has 37 heavy (non-hydrogen) atoms. The average molecular weight is 524 g/mol. The predicted molar refractivity (Wildman–Crippen MR) is 136 cm³/mol. The molecule has 0 bridgehead atoms. The van der Waals surface area contributed by atoms with E-state index in [2.05, 4.69) is 9.71 Å². The van der Waals surface area contributed by atoms with Gasteiger partial charge in [-0.25, -0.2) is 12.8 Å². The molecule has 5 rings (SSSR count). The number of ether oxygens (including phenoxy) is 3. The zero-order valence-corrected chi connectivity index (χ0v) is 20.9. The first-order valence-electron chi connectivity index (χ1n) is 11.1. The number of sulfonamides is 1. The van der Waals surface area contributed by atoms with Crippen LogP contribution in [0.3, 0.4) is 0 Å². The smallest absolute Gasteiger partial charge is 0.261 e. The number of nitrogens with one attached hydrogen (secondary N) is 1. The number of likely N-dealkylation sites (N-methyl/N-ethyl adjacent to an activating group) is 1. The molecule has 0 saturated heterocycles. The number of carbonyl (C=O) groups excluding carboxylic acids is 1. The number of carbonyl (C=O) groups is 1. The molecule has 0 aliphatic carbocycles. The van der Waals surface area contributed by atoms with E-state index in [9.17, 15) is 17.6 Å². The number of nitrogens with zero attached hydrogens (tertiary/aromatic N) is 2. The molecule has 0 unspecified atom stereocenters. The molecule has 1 N–H and O–H groups in total. The van der Waals surface area contributed by atoms with Crippen LogP contribution in [0.25, 0.3) is 10.9 Å². The Kier molecular flexibility index (Phi) is 6.08. The lowest BCUT2D eigenvalue weighted by Gasteiger charge is -2.14. The van der Waals surface area contributed by atoms with Gasteiger partial charge in [0, 0.05) is 36.5 Å². The Balaban J connectivity index is 1.40. The molecule has 0 spiro atoms. The van der Waals surface area contributed by atoms with Gasteiger partial charge in [0.1, 0.15) is 5.75 Å². The lowest BCUT2D eigenvalue weighted by molar-refractivity contribution is -0.117. The molecule has 0 fully saturated rings. The van der Waals surface area contributed by atoms with Crippen LogP contribution >= 0.6 is 0 Å². The Hall–Kier alpha value is -4.38. The summed E-state index contributed by atoms with van der Waals surface area (Å²) in [5.74, 6) is 0.284. The monoisotopic (exact) mass is 523 g/mol. The molecule has 1 amide bonds. The van der Waals surface area contributed by atoms with Crippen molar-refractivity contribution in [2.75, 3.05) is 30.9 Å². The number of amides is 1. The van der Waals surface area contributed by atoms with Crippen molar-refractivity contribution in [2.45, 2.75) is 11.3 Å². The van der Waals surface area contributed by atoms with Gasteiger partial charge in [0.25, 0.3) is 10.0 Å². The number of methoxy groups -OCH3 is 2. The van der Waals surface area contributed by atoms with Crippen molar-refractivity contribution in [3.63, 3.8) is 0 Å². The van der Waals surface area contributed by atoms with E-state index in [1.54, 1.807) is 31.3 Å². The normalized spacial score (nSPS) is 13.0. The number of benzene rings is 3. The van der Waals surface area contributed by atoms with Gasteiger partial charge in [-0.3, -0.25) is 14.5 Å². The van der Waals surface area contributed by atoms with E-state index < -0.39 is 15.8 Å². The van der Waals surface area contributed by atoms with Crippen molar-refractivity contribution in [3.8, 4) is 23.0 Å². The van der Waals surface area contributed by atoms with Crippen molar-refractivity contribution in [3.05, 3.63) is 72.2 Å². The topological polar surface area (TPSA) is 107 Å². The molecule has 0 atom stereocenters. The zero-order chi connectivity index (χ0) is 26.3. The van der Waals surface area contributed by atoms with E-state index in [-0.39, 0.29) is 28.7 Å². The maximum Gasteiger partial charge on any atom is 0.261 e. The Bertz CT molecular complexity index is 1660. The summed E-state index contributed by atoms with van der Waals surface area (Å²) in [6.07, 6.45) is 1.64. The third-order valence-corrected chi connectivity index (χ3v) is 7.43. The number of hydrogen-bond acceptors (Lipinski definition) is 7. The highest BCUT2D eigenvalue weighted by atomic mass is 32.2. The molecule has 11 heteroatoms. The van der Waals surface area contributed by atoms with E-state index in [0.717, 1.165) is 6.07 Å². The molecule has 2 heterocycles. The number of aromatic nitrogens is 1. The first-order valence-corrected chi connectivity index (χ1v) is 12.6. The molecule has 1 aliphatic heterocycles. The van der Waals surface area contributed by atoms with Crippen LogP contribution in [0.15, 0.2) is 65.7 Å². The minimum Gasteiger partial charge on any atom is -0.493 e. The number of fused-ring (bicyclic) bond motifs is 2. The van der Waals surface area contributed by atoms with Crippen molar-refractivity contribution in [1.29, 1.82) is 0 Å². The van der Waals surface area contributed by atoms with E-state index in [1.165, 1.54) is 49.6 Å². The minimum absolute atomic E-state index is 0.0181. The van der Waals surface area contributed by atoms with Crippen LogP contribution in [0, 0.1) is 5.82 Å². The highest BCUT2D eigenvalue weighted by Crippen LogP contribution is 2.38. The summed E-state index contributed by atoms with van der Waals surface area (Å²) in [7, 11) is 0.625. The van der Waals surface area contributed by atoms with E-state index in [0.29, 0.717) is 39.4 Å². The first-order chi connectivity index (χ1) is 17.7. The number of rotatable bonds is 7. The van der Waals surface area contributed by atoms with Crippen molar-refractivity contribution < 1.29 is 31.8 Å². The molecule has 190 valence electrons. The van der Waals surface area contributed by atoms with Crippen LogP contribution < -0.4 is 23.8 Å². The summed E-state index contributed by atoms with van der Waals surface area (Å²) in [5.41, 5.74) is 1.85. The number of halogens is 1. The lowest BCUT2D eigenvalue weighted by Crippen LogP contribution is -2.20. The van der Waals surface area contributed by atoms with E-state index >= 15 is 0 Å². The summed E-state index contributed by atoms with van der Waals surface area (Å²) < 4.78 is 59.6. The maximum atomic E-state index is 15.0. The molecule has 0 saturated carbocycles. The minimum atomic E-state index is -4.02. The van der Waals surface area contributed by atoms with Crippen LogP contribution in [0.4, 0.5) is 15.8 Å². The van der Waals surface area contributed by atoms with Gasteiger partial charge < -0.3 is 19.1 Å². The largest absolute Gasteiger partial charge is 0.493 e. The van der Waals surface area contributed by atoms with Crippen LogP contribution in [0.1, 0.15) is 5.56 Å². The fourth-order valence-electron chi connectivity index (χ4n) is 4.13. The van der Waals surface area contributed by atoms with Gasteiger partial charge >= 0.3 is 0 Å². The van der Waals surface area contributed by atoms with Gasteiger partial charge in [-0.1, -0.05) is 0 Å². The van der Waals surface area contributed by atoms with E-state index in [4.69, 9.17) is 14.2 Å². The molecule has 1 aromatic heterocycles. The standard InChI is InChI=1S/C26H22FN3O6S/c1-30-21-6-5-17(10-15(21)11-26(30)31)37(32,33)29-16-4-7-23(19(27)12-16)36-22-8-9-28-20-14-25(35-3)24(34-2)13-18(20)22/h4-10,12-14,29H,11H2,1-3H3. The van der Waals surface area contributed by atoms with Crippen molar-refractivity contribution >= 4 is 38.2 Å². The highest BCUT2D eigenvalue weighted by molar-refractivity contribution is 7.92. The fourth-order valence-corrected chi connectivity index (χ4v) is 5.23. The SMILES string of the molecule is COc1cc2nccc(Oc3ccc(NS(=O)(=O)c4ccc5c(c4)CC(=O)N5C)cc3F)c2cc1OC. The lowest BCUT2D eigenvalue weighted by atomic mass is 10.2. The zero-order valence-electron chi connectivity index (χ0n) is 20.1. The van der Waals surface area contributed by atoms with Crippen LogP contribution in [0.2, 0.25) is 0 Å². The summed E-state index contributed by atoms with van der Waals surface area (Å²) in [6, 6.07) is 13.1. The molecule has 4 aromatic rings. The summed E-state index contributed by atoms with van der Waals surface area (Å²) >= 11 is 0. The summed E-state index contributed by atoms with van der Waals surface area (Å²) in [5, 5.41) is 0.574. The Morgan fingerprint density at radius 3 is 2.43 bits per heavy atom. The second-order valence-corrected chi connectivity index (χ2v) is 9.99. The second kappa shape index (κ2) is 9.25. The van der Waals surface area contributed by atoms with Crippen LogP contribution in [0.5, 0.6) is 23.0 Å². The predicted octanol–water partition coefficient (Wildman–Crippen LogP) is 4.50. The summed E-state index contributed by atoms with van der Waals surface area (Å²) in [6.45, 7) is 0. The van der Waals surface area contributed by atoms with Gasteiger partial charge in [0.2, 0.25) is 5.91 Å². The van der Waals surface area contributed by atoms with Gasteiger partial charge in [0.15, 0.2) is 23.1 Å². The Morgan fingerprint density at radius 1 is 0.946 bits per heavy atom. The number of anilines is 2. The number of pyridine rings is 1. The molecular weight excluding hydrogens is 501 g/mol. The first kappa shape index (κ1) is 24.3. The van der Waals surface area contributed by atoms with Gasteiger partial charge in [-0.2, -0.15) is 0 Å². The average Bonchev–Trinajstić information content (AvgIpc) is 3.17. The second-order valence-electron chi connectivity index (χ2n) is 8.31. The fraction of sp³-hybridized carbons (Fsp3) is 0.154. The number of hydrogen-bond donors (Lipinski definition) is 1. The molecule has 3 aromatic carbocycles. The third-order valence-electron chi connectivity index (χ3n) is 6.05. The Morgan fingerprint density at radius 2 is 1.70 bits per heavy atom. The molecule has 9 nitrogen and oxygen atoms in total. The quantitative estimate of drug-likeness (QED) is 0.380. The summed E-state index contributed by atoms with van der Waals surface area (Å²) in [4.78, 5) is 17.7. The van der Waals surface area contributed by atoms with Gasteiger partial charge in [0.05, 0.1) is 36.7 Å². The van der Waals surface area contributed by atoms with Crippen molar-refractivity contribution in [1.82, 2.24) is 4.98 Å². The van der Waals surface area contributed by atoms with E-state index in [1.807, 2.05) is 0 Å². The highest BCUT2D eigenvalue weighted by Gasteiger charge is 2.26. The van der Waals surface area contributed by atoms with Crippen molar-refractivity contribution in [2.24, 2.45) is 0 Å². The molecule has 0 radical (unpaired) electrons. The molecular formula is C26H22FN3O6S. The van der Waals surface area contributed by atoms with Gasteiger partial charge in [-0.05, 0) is 48.0 Å². The van der Waals surface area contributed by atoms with Crippen LogP contribution in [-0.4, -0.2) is 40.6 Å². The maximum absolute atomic E-state index is 15.0. The van der Waals surface area contributed by atoms with Crippen LogP contribution in [-0.2, 0) is 21.2 Å².